The molecule has 5 aromatic rings. The molecule has 2 aliphatic carbocycles. The molecule has 1 unspecified atom stereocenters. The van der Waals surface area contributed by atoms with Crippen molar-refractivity contribution in [2.75, 3.05) is 45.2 Å². The number of aliphatic hydroxyl groups is 1. The lowest BCUT2D eigenvalue weighted by Crippen LogP contribution is -2.46. The van der Waals surface area contributed by atoms with Gasteiger partial charge in [-0.3, -0.25) is 0 Å². The third-order valence-corrected chi connectivity index (χ3v) is 9.79. The highest BCUT2D eigenvalue weighted by Gasteiger charge is 2.44. The predicted octanol–water partition coefficient (Wildman–Crippen LogP) is 5.48. The van der Waals surface area contributed by atoms with Gasteiger partial charge in [0, 0.05) is 47.7 Å². The molecule has 2 aromatic carbocycles. The van der Waals surface area contributed by atoms with Gasteiger partial charge < -0.3 is 24.7 Å². The summed E-state index contributed by atoms with van der Waals surface area (Å²) in [6.07, 6.45) is 5.46. The summed E-state index contributed by atoms with van der Waals surface area (Å²) in [5, 5.41) is 29.0. The minimum absolute atomic E-state index is 0.0775. The van der Waals surface area contributed by atoms with Gasteiger partial charge in [0.15, 0.2) is 0 Å². The first-order valence-corrected chi connectivity index (χ1v) is 15.5. The number of nitrogens with zero attached hydrogens (tertiary/aromatic N) is 6. The summed E-state index contributed by atoms with van der Waals surface area (Å²) >= 11 is 0. The number of phenols is 1. The maximum atomic E-state index is 15.7. The fourth-order valence-electron chi connectivity index (χ4n) is 7.74. The fourth-order valence-corrected chi connectivity index (χ4v) is 7.74. The Kier molecular flexibility index (Phi) is 5.94. The van der Waals surface area contributed by atoms with E-state index in [4.69, 9.17) is 19.8 Å². The molecule has 0 spiro atoms. The molecular weight excluding hydrogens is 559 g/mol. The number of aromatic hydroxyl groups is 1. The zero-order valence-corrected chi connectivity index (χ0v) is 25.6. The Morgan fingerprint density at radius 2 is 1.91 bits per heavy atom. The average Bonchev–Trinajstić information content (AvgIpc) is 3.54. The molecule has 0 radical (unpaired) electrons. The van der Waals surface area contributed by atoms with Crippen molar-refractivity contribution in [2.24, 2.45) is 5.41 Å². The van der Waals surface area contributed by atoms with Crippen LogP contribution in [0.15, 0.2) is 36.5 Å². The Labute approximate surface area is 254 Å². The highest BCUT2D eigenvalue weighted by Crippen LogP contribution is 2.51. The third kappa shape index (κ3) is 4.22. The number of benzene rings is 2. The molecule has 1 aliphatic heterocycles. The van der Waals surface area contributed by atoms with Crippen LogP contribution in [0.4, 0.5) is 10.2 Å². The number of fused-ring (bicyclic) bond motifs is 7. The van der Waals surface area contributed by atoms with Gasteiger partial charge >= 0.3 is 6.01 Å². The molecule has 44 heavy (non-hydrogen) atoms. The smallest absolute Gasteiger partial charge is 0.318 e. The minimum atomic E-state index is -0.867. The van der Waals surface area contributed by atoms with E-state index in [0.29, 0.717) is 42.0 Å². The van der Waals surface area contributed by atoms with Crippen LogP contribution in [0.5, 0.6) is 11.8 Å². The lowest BCUT2D eigenvalue weighted by atomic mass is 9.78. The van der Waals surface area contributed by atoms with Crippen molar-refractivity contribution >= 4 is 33.0 Å². The van der Waals surface area contributed by atoms with E-state index in [2.05, 4.69) is 23.9 Å². The Morgan fingerprint density at radius 3 is 2.66 bits per heavy atom. The van der Waals surface area contributed by atoms with E-state index in [0.717, 1.165) is 65.3 Å². The number of phenolic OH excluding ortho intramolecular Hbond substituents is 1. The lowest BCUT2D eigenvalue weighted by Gasteiger charge is -2.38. The van der Waals surface area contributed by atoms with Gasteiger partial charge in [-0.1, -0.05) is 13.0 Å². The lowest BCUT2D eigenvalue weighted by molar-refractivity contribution is 0.0447. The summed E-state index contributed by atoms with van der Waals surface area (Å²) in [6.45, 7) is 6.44. The second-order valence-electron chi connectivity index (χ2n) is 13.8. The first kappa shape index (κ1) is 27.5. The molecule has 1 saturated carbocycles. The van der Waals surface area contributed by atoms with Crippen molar-refractivity contribution in [3.8, 4) is 23.0 Å². The summed E-state index contributed by atoms with van der Waals surface area (Å²) in [7, 11) is 4.15. The SMILES string of the molecule is CC1c2c(n3nccc3c3c(N4CCC[C@@](C)(O)C4)nc(OCC4(CN(C)C)CC4)nc23)-c2cc(O)cc3ccc(F)c1c23. The van der Waals surface area contributed by atoms with Crippen LogP contribution >= 0.6 is 0 Å². The molecule has 10 heteroatoms. The highest BCUT2D eigenvalue weighted by atomic mass is 19.1. The summed E-state index contributed by atoms with van der Waals surface area (Å²) in [5.41, 5.74) is 3.56. The molecule has 0 amide bonds. The Balaban J connectivity index is 1.42. The Bertz CT molecular complexity index is 1980. The molecule has 2 atom stereocenters. The van der Waals surface area contributed by atoms with Gasteiger partial charge in [0.05, 0.1) is 40.5 Å². The third-order valence-electron chi connectivity index (χ3n) is 9.79. The van der Waals surface area contributed by atoms with Gasteiger partial charge in [-0.25, -0.2) is 8.91 Å². The number of pyridine rings is 1. The van der Waals surface area contributed by atoms with Crippen LogP contribution in [0, 0.1) is 11.2 Å². The number of rotatable bonds is 6. The molecule has 8 rings (SSSR count). The number of ether oxygens (including phenoxy) is 1. The standard InChI is InChI=1S/C34H37FN6O3/c1-19-25-23(35)7-6-20-14-21(42)15-22(27(20)25)30-26(19)29-28(24-8-12-36-41(24)30)31(40-13-5-9-33(2,43)16-40)38-32(37-29)44-18-34(10-11-34)17-39(3)4/h6-8,12,14-15,19,42-43H,5,9-11,13,16-18H2,1-4H3/t19?,33-/m1/s1. The van der Waals surface area contributed by atoms with Crippen LogP contribution in [0.2, 0.25) is 0 Å². The van der Waals surface area contributed by atoms with Crippen molar-refractivity contribution in [3.05, 3.63) is 53.5 Å². The van der Waals surface area contributed by atoms with Crippen molar-refractivity contribution in [2.45, 2.75) is 51.0 Å². The van der Waals surface area contributed by atoms with E-state index in [1.807, 2.05) is 24.4 Å². The van der Waals surface area contributed by atoms with Crippen LogP contribution in [0.3, 0.4) is 0 Å². The van der Waals surface area contributed by atoms with Crippen molar-refractivity contribution in [3.63, 3.8) is 0 Å². The van der Waals surface area contributed by atoms with E-state index >= 15 is 4.39 Å². The number of piperidine rings is 1. The molecule has 3 aliphatic rings. The predicted molar refractivity (Wildman–Crippen MR) is 168 cm³/mol. The molecule has 2 fully saturated rings. The normalized spacial score (nSPS) is 22.2. The molecular formula is C34H37FN6O3. The molecule has 9 nitrogen and oxygen atoms in total. The number of aromatic nitrogens is 4. The van der Waals surface area contributed by atoms with Crippen LogP contribution in [0.25, 0.3) is 38.4 Å². The Hall–Kier alpha value is -4.02. The molecule has 3 aromatic heterocycles. The number of hydrogen-bond acceptors (Lipinski definition) is 8. The zero-order chi connectivity index (χ0) is 30.5. The average molecular weight is 597 g/mol. The van der Waals surface area contributed by atoms with Gasteiger partial charge in [-0.15, -0.1) is 0 Å². The minimum Gasteiger partial charge on any atom is -0.508 e. The molecule has 4 heterocycles. The topological polar surface area (TPSA) is 99.2 Å². The maximum Gasteiger partial charge on any atom is 0.318 e. The van der Waals surface area contributed by atoms with Crippen LogP contribution < -0.4 is 9.64 Å². The van der Waals surface area contributed by atoms with E-state index < -0.39 is 5.60 Å². The monoisotopic (exact) mass is 596 g/mol. The van der Waals surface area contributed by atoms with Crippen LogP contribution in [0.1, 0.15) is 56.6 Å². The summed E-state index contributed by atoms with van der Waals surface area (Å²) in [4.78, 5) is 14.4. The van der Waals surface area contributed by atoms with Gasteiger partial charge in [-0.2, -0.15) is 15.1 Å². The van der Waals surface area contributed by atoms with Gasteiger partial charge in [0.2, 0.25) is 0 Å². The largest absolute Gasteiger partial charge is 0.508 e. The fraction of sp³-hybridized carbons (Fsp3) is 0.441. The molecule has 228 valence electrons. The van der Waals surface area contributed by atoms with E-state index in [-0.39, 0.29) is 28.9 Å². The van der Waals surface area contributed by atoms with Gasteiger partial charge in [0.1, 0.15) is 17.4 Å². The summed E-state index contributed by atoms with van der Waals surface area (Å²) < 4.78 is 24.1. The van der Waals surface area contributed by atoms with Gasteiger partial charge in [-0.05, 0) is 81.7 Å². The van der Waals surface area contributed by atoms with Crippen molar-refractivity contribution < 1.29 is 19.3 Å². The number of β-amino-alcohol motifs (C(OH)–C–C–N with tert-alkyl or cyclic N) is 1. The van der Waals surface area contributed by atoms with E-state index in [9.17, 15) is 10.2 Å². The molecule has 1 saturated heterocycles. The van der Waals surface area contributed by atoms with Gasteiger partial charge in [0.25, 0.3) is 0 Å². The van der Waals surface area contributed by atoms with Crippen molar-refractivity contribution in [1.29, 1.82) is 0 Å². The summed E-state index contributed by atoms with van der Waals surface area (Å²) in [6, 6.07) is 8.79. The van der Waals surface area contributed by atoms with E-state index in [1.54, 1.807) is 24.4 Å². The second-order valence-corrected chi connectivity index (χ2v) is 13.8. The van der Waals surface area contributed by atoms with Crippen LogP contribution in [-0.4, -0.2) is 80.6 Å². The highest BCUT2D eigenvalue weighted by molar-refractivity contribution is 6.11. The Morgan fingerprint density at radius 1 is 1.09 bits per heavy atom. The van der Waals surface area contributed by atoms with Crippen LogP contribution in [-0.2, 0) is 0 Å². The second kappa shape index (κ2) is 9.49. The summed E-state index contributed by atoms with van der Waals surface area (Å²) in [5.74, 6) is 0.117. The number of anilines is 1. The molecule has 2 N–H and O–H groups in total. The molecule has 0 bridgehead atoms. The quantitative estimate of drug-likeness (QED) is 0.266. The number of halogens is 1. The zero-order valence-electron chi connectivity index (χ0n) is 25.6. The van der Waals surface area contributed by atoms with Crippen molar-refractivity contribution in [1.82, 2.24) is 24.5 Å². The first-order valence-electron chi connectivity index (χ1n) is 15.5. The first-order chi connectivity index (χ1) is 21.0. The van der Waals surface area contributed by atoms with E-state index in [1.165, 1.54) is 6.07 Å². The maximum absolute atomic E-state index is 15.7. The number of hydrogen-bond donors (Lipinski definition) is 2.